The van der Waals surface area contributed by atoms with E-state index < -0.39 is 0 Å². The lowest BCUT2D eigenvalue weighted by molar-refractivity contribution is 0.0497. The van der Waals surface area contributed by atoms with Crippen molar-refractivity contribution in [3.05, 3.63) is 29.6 Å². The number of hydrogen-bond acceptors (Lipinski definition) is 3. The van der Waals surface area contributed by atoms with Crippen LogP contribution in [0.1, 0.15) is 24.8 Å². The average Bonchev–Trinajstić information content (AvgIpc) is 2.48. The fourth-order valence-electron chi connectivity index (χ4n) is 2.06. The maximum Gasteiger partial charge on any atom is 0.135 e. The molecule has 1 aliphatic rings. The van der Waals surface area contributed by atoms with Gasteiger partial charge in [0.05, 0.1) is 18.8 Å². The number of aliphatic hydroxyl groups is 1. The maximum atomic E-state index is 13.3. The Morgan fingerprint density at radius 1 is 1.35 bits per heavy atom. The molecule has 1 fully saturated rings. The van der Waals surface area contributed by atoms with Crippen molar-refractivity contribution in [1.82, 2.24) is 0 Å². The van der Waals surface area contributed by atoms with Crippen LogP contribution in [0.4, 0.5) is 4.39 Å². The SMILES string of the molecule is OCCC#Cc1cc(F)ccc1OCC1CCOCC1. The smallest absolute Gasteiger partial charge is 0.135 e. The Labute approximate surface area is 118 Å². The van der Waals surface area contributed by atoms with Gasteiger partial charge in [0, 0.05) is 19.6 Å². The molecule has 1 aromatic rings. The van der Waals surface area contributed by atoms with E-state index >= 15 is 0 Å². The molecule has 0 spiro atoms. The second-order valence-electron chi connectivity index (χ2n) is 4.78. The fraction of sp³-hybridized carbons (Fsp3) is 0.500. The van der Waals surface area contributed by atoms with Crippen molar-refractivity contribution in [3.8, 4) is 17.6 Å². The molecule has 1 N–H and O–H groups in total. The van der Waals surface area contributed by atoms with Crippen molar-refractivity contribution in [2.75, 3.05) is 26.4 Å². The van der Waals surface area contributed by atoms with Crippen LogP contribution < -0.4 is 4.74 Å². The van der Waals surface area contributed by atoms with E-state index in [9.17, 15) is 4.39 Å². The number of halogens is 1. The lowest BCUT2D eigenvalue weighted by atomic mass is 10.0. The first kappa shape index (κ1) is 14.8. The second kappa shape index (κ2) is 7.88. The minimum absolute atomic E-state index is 0.000576. The zero-order chi connectivity index (χ0) is 14.2. The summed E-state index contributed by atoms with van der Waals surface area (Å²) < 4.78 is 24.3. The van der Waals surface area contributed by atoms with Gasteiger partial charge in [0.1, 0.15) is 11.6 Å². The molecule has 0 radical (unpaired) electrons. The standard InChI is InChI=1S/C16H19FO3/c17-15-4-5-16(14(11-15)3-1-2-8-18)20-12-13-6-9-19-10-7-13/h4-5,11,13,18H,2,6-10,12H2. The fourth-order valence-corrected chi connectivity index (χ4v) is 2.06. The van der Waals surface area contributed by atoms with E-state index in [0.29, 0.717) is 30.3 Å². The zero-order valence-corrected chi connectivity index (χ0v) is 11.4. The van der Waals surface area contributed by atoms with E-state index in [1.54, 1.807) is 6.07 Å². The Balaban J connectivity index is 2.00. The van der Waals surface area contributed by atoms with Gasteiger partial charge in [-0.05, 0) is 37.0 Å². The molecule has 4 heteroatoms. The van der Waals surface area contributed by atoms with Crippen LogP contribution in [0.5, 0.6) is 5.75 Å². The lowest BCUT2D eigenvalue weighted by Gasteiger charge is -2.22. The number of ether oxygens (including phenoxy) is 2. The Bertz CT molecular complexity index is 484. The summed E-state index contributed by atoms with van der Waals surface area (Å²) >= 11 is 0. The topological polar surface area (TPSA) is 38.7 Å². The minimum Gasteiger partial charge on any atom is -0.492 e. The van der Waals surface area contributed by atoms with Gasteiger partial charge in [0.2, 0.25) is 0 Å². The molecule has 1 heterocycles. The number of benzene rings is 1. The molecule has 108 valence electrons. The van der Waals surface area contributed by atoms with Crippen LogP contribution in [0.3, 0.4) is 0 Å². The molecule has 0 amide bonds. The second-order valence-corrected chi connectivity index (χ2v) is 4.78. The molecular weight excluding hydrogens is 259 g/mol. The van der Waals surface area contributed by atoms with Crippen LogP contribution in [0.2, 0.25) is 0 Å². The van der Waals surface area contributed by atoms with E-state index in [0.717, 1.165) is 26.1 Å². The molecule has 0 aliphatic carbocycles. The summed E-state index contributed by atoms with van der Waals surface area (Å²) in [6, 6.07) is 4.35. The monoisotopic (exact) mass is 278 g/mol. The van der Waals surface area contributed by atoms with E-state index in [4.69, 9.17) is 14.6 Å². The normalized spacial score (nSPS) is 15.5. The Morgan fingerprint density at radius 3 is 2.90 bits per heavy atom. The van der Waals surface area contributed by atoms with Gasteiger partial charge in [-0.1, -0.05) is 11.8 Å². The van der Waals surface area contributed by atoms with Crippen LogP contribution in [0.15, 0.2) is 18.2 Å². The lowest BCUT2D eigenvalue weighted by Crippen LogP contribution is -2.21. The van der Waals surface area contributed by atoms with Gasteiger partial charge in [-0.25, -0.2) is 4.39 Å². The van der Waals surface area contributed by atoms with Crippen molar-refractivity contribution in [1.29, 1.82) is 0 Å². The molecular formula is C16H19FO3. The van der Waals surface area contributed by atoms with E-state index in [1.165, 1.54) is 12.1 Å². The summed E-state index contributed by atoms with van der Waals surface area (Å²) in [5, 5.41) is 8.72. The third-order valence-electron chi connectivity index (χ3n) is 3.22. The number of rotatable bonds is 4. The maximum absolute atomic E-state index is 13.3. The number of aliphatic hydroxyl groups excluding tert-OH is 1. The molecule has 2 rings (SSSR count). The summed E-state index contributed by atoms with van der Waals surface area (Å²) in [6.45, 7) is 2.16. The van der Waals surface area contributed by atoms with Crippen molar-refractivity contribution >= 4 is 0 Å². The highest BCUT2D eigenvalue weighted by molar-refractivity contribution is 5.46. The highest BCUT2D eigenvalue weighted by Gasteiger charge is 2.15. The van der Waals surface area contributed by atoms with Crippen LogP contribution in [0.25, 0.3) is 0 Å². The summed E-state index contributed by atoms with van der Waals surface area (Å²) in [5.74, 6) is 6.38. The van der Waals surface area contributed by atoms with Gasteiger partial charge in [-0.2, -0.15) is 0 Å². The molecule has 0 bridgehead atoms. The van der Waals surface area contributed by atoms with Crippen molar-refractivity contribution in [3.63, 3.8) is 0 Å². The summed E-state index contributed by atoms with van der Waals surface area (Å²) in [5.41, 5.74) is 0.533. The Hall–Kier alpha value is -1.57. The highest BCUT2D eigenvalue weighted by atomic mass is 19.1. The summed E-state index contributed by atoms with van der Waals surface area (Å²) in [4.78, 5) is 0. The third kappa shape index (κ3) is 4.52. The largest absolute Gasteiger partial charge is 0.492 e. The summed E-state index contributed by atoms with van der Waals surface area (Å²) in [7, 11) is 0. The van der Waals surface area contributed by atoms with Crippen molar-refractivity contribution in [2.24, 2.45) is 5.92 Å². The molecule has 1 aliphatic heterocycles. The molecule has 20 heavy (non-hydrogen) atoms. The van der Waals surface area contributed by atoms with Crippen molar-refractivity contribution < 1.29 is 19.0 Å². The van der Waals surface area contributed by atoms with Gasteiger partial charge in [-0.3, -0.25) is 0 Å². The van der Waals surface area contributed by atoms with Crippen LogP contribution >= 0.6 is 0 Å². The number of hydrogen-bond donors (Lipinski definition) is 1. The quantitative estimate of drug-likeness (QED) is 0.859. The highest BCUT2D eigenvalue weighted by Crippen LogP contribution is 2.22. The van der Waals surface area contributed by atoms with E-state index in [1.807, 2.05) is 0 Å². The van der Waals surface area contributed by atoms with Crippen LogP contribution in [-0.2, 0) is 4.74 Å². The molecule has 0 unspecified atom stereocenters. The van der Waals surface area contributed by atoms with E-state index in [-0.39, 0.29) is 12.4 Å². The Morgan fingerprint density at radius 2 is 2.15 bits per heavy atom. The van der Waals surface area contributed by atoms with Crippen molar-refractivity contribution in [2.45, 2.75) is 19.3 Å². The van der Waals surface area contributed by atoms with Gasteiger partial charge < -0.3 is 14.6 Å². The molecule has 1 saturated heterocycles. The first-order valence-electron chi connectivity index (χ1n) is 6.89. The van der Waals surface area contributed by atoms with Crippen LogP contribution in [0, 0.1) is 23.6 Å². The molecule has 1 aromatic carbocycles. The predicted molar refractivity (Wildman–Crippen MR) is 74.0 cm³/mol. The van der Waals surface area contributed by atoms with Gasteiger partial charge >= 0.3 is 0 Å². The first-order chi connectivity index (χ1) is 9.79. The van der Waals surface area contributed by atoms with Gasteiger partial charge in [0.15, 0.2) is 0 Å². The van der Waals surface area contributed by atoms with Gasteiger partial charge in [-0.15, -0.1) is 0 Å². The Kier molecular flexibility index (Phi) is 5.85. The molecule has 0 aromatic heterocycles. The third-order valence-corrected chi connectivity index (χ3v) is 3.22. The minimum atomic E-state index is -0.336. The van der Waals surface area contributed by atoms with Gasteiger partial charge in [0.25, 0.3) is 0 Å². The molecule has 3 nitrogen and oxygen atoms in total. The zero-order valence-electron chi connectivity index (χ0n) is 11.4. The van der Waals surface area contributed by atoms with E-state index in [2.05, 4.69) is 11.8 Å². The molecule has 0 atom stereocenters. The average molecular weight is 278 g/mol. The first-order valence-corrected chi connectivity index (χ1v) is 6.89. The van der Waals surface area contributed by atoms with Crippen LogP contribution in [-0.4, -0.2) is 31.5 Å². The predicted octanol–water partition coefficient (Wildman–Crippen LogP) is 2.37. The molecule has 0 saturated carbocycles. The summed E-state index contributed by atoms with van der Waals surface area (Å²) in [6.07, 6.45) is 2.36.